The number of hydrogen-bond acceptors (Lipinski definition) is 7. The molecule has 2 amide bonds. The van der Waals surface area contributed by atoms with Crippen LogP contribution in [0.3, 0.4) is 0 Å². The highest BCUT2D eigenvalue weighted by Crippen LogP contribution is 2.36. The number of morpholine rings is 1. The first kappa shape index (κ1) is 28.5. The van der Waals surface area contributed by atoms with Gasteiger partial charge in [-0.3, -0.25) is 4.90 Å². The Morgan fingerprint density at radius 3 is 2.51 bits per heavy atom. The monoisotopic (exact) mass is 592 g/mol. The smallest absolute Gasteiger partial charge is 0.382 e. The third kappa shape index (κ3) is 6.05. The number of rotatable bonds is 6. The first-order valence-electron chi connectivity index (χ1n) is 12.4. The maximum atomic E-state index is 15.4. The van der Waals surface area contributed by atoms with Crippen LogP contribution in [0.4, 0.5) is 39.5 Å². The molecule has 1 aliphatic heterocycles. The summed E-state index contributed by atoms with van der Waals surface area (Å²) >= 11 is 5.95. The Morgan fingerprint density at radius 1 is 1.07 bits per heavy atom. The highest BCUT2D eigenvalue weighted by molar-refractivity contribution is 6.33. The molecule has 0 unspecified atom stereocenters. The van der Waals surface area contributed by atoms with Crippen molar-refractivity contribution in [2.24, 2.45) is 5.73 Å². The number of fused-ring (bicyclic) bond motifs is 1. The Hall–Kier alpha value is -3.98. The topological polar surface area (TPSA) is 136 Å². The summed E-state index contributed by atoms with van der Waals surface area (Å²) in [7, 11) is 0. The molecule has 10 nitrogen and oxygen atoms in total. The average Bonchev–Trinajstić information content (AvgIpc) is 3.30. The lowest BCUT2D eigenvalue weighted by molar-refractivity contribution is -0.137. The van der Waals surface area contributed by atoms with Gasteiger partial charge < -0.3 is 26.8 Å². The highest BCUT2D eigenvalue weighted by Gasteiger charge is 2.31. The van der Waals surface area contributed by atoms with Crippen molar-refractivity contribution in [3.8, 4) is 11.1 Å². The van der Waals surface area contributed by atoms with Crippen LogP contribution in [-0.2, 0) is 24.0 Å². The van der Waals surface area contributed by atoms with E-state index in [1.54, 1.807) is 4.52 Å². The van der Waals surface area contributed by atoms with Crippen molar-refractivity contribution in [3.63, 3.8) is 0 Å². The van der Waals surface area contributed by atoms with E-state index in [4.69, 9.17) is 27.8 Å². The molecule has 0 radical (unpaired) electrons. The Labute approximate surface area is 236 Å². The van der Waals surface area contributed by atoms with Gasteiger partial charge in [-0.25, -0.2) is 18.7 Å². The van der Waals surface area contributed by atoms with E-state index in [-0.39, 0.29) is 28.8 Å². The fourth-order valence-corrected chi connectivity index (χ4v) is 4.81. The SMILES string of the molecule is NCc1cc(NC(=O)Nc2cc(C(F)(F)F)ccc2Cl)c(F)cc1-c1cc(CN2CCOCC2)n2ncnc(N)c12. The molecule has 6 N–H and O–H groups in total. The molecule has 1 fully saturated rings. The van der Waals surface area contributed by atoms with Crippen LogP contribution < -0.4 is 22.1 Å². The molecule has 216 valence electrons. The summed E-state index contributed by atoms with van der Waals surface area (Å²) in [5.74, 6) is -0.627. The normalized spacial score (nSPS) is 14.4. The highest BCUT2D eigenvalue weighted by atomic mass is 35.5. The van der Waals surface area contributed by atoms with Crippen LogP contribution in [0.5, 0.6) is 0 Å². The number of nitrogen functional groups attached to an aromatic ring is 1. The van der Waals surface area contributed by atoms with Gasteiger partial charge >= 0.3 is 12.2 Å². The number of benzene rings is 2. The number of nitrogens with one attached hydrogen (secondary N) is 2. The van der Waals surface area contributed by atoms with E-state index in [1.165, 1.54) is 18.5 Å². The largest absolute Gasteiger partial charge is 0.416 e. The van der Waals surface area contributed by atoms with Crippen molar-refractivity contribution in [1.29, 1.82) is 0 Å². The van der Waals surface area contributed by atoms with Crippen LogP contribution in [0, 0.1) is 5.82 Å². The second kappa shape index (κ2) is 11.5. The first-order chi connectivity index (χ1) is 19.5. The van der Waals surface area contributed by atoms with Gasteiger partial charge in [-0.15, -0.1) is 0 Å². The number of carbonyl (C=O) groups excluding carboxylic acids is 1. The molecular weight excluding hydrogens is 568 g/mol. The minimum atomic E-state index is -4.64. The van der Waals surface area contributed by atoms with Gasteiger partial charge in [-0.1, -0.05) is 11.6 Å². The molecule has 1 aliphatic rings. The zero-order chi connectivity index (χ0) is 29.3. The van der Waals surface area contributed by atoms with Gasteiger partial charge in [0, 0.05) is 31.7 Å². The molecule has 0 bridgehead atoms. The number of halogens is 5. The lowest BCUT2D eigenvalue weighted by Gasteiger charge is -2.26. The number of nitrogens with zero attached hydrogens (tertiary/aromatic N) is 4. The summed E-state index contributed by atoms with van der Waals surface area (Å²) in [5, 5.41) is 8.77. The second-order valence-electron chi connectivity index (χ2n) is 9.31. The number of hydrogen-bond donors (Lipinski definition) is 4. The van der Waals surface area contributed by atoms with Crippen molar-refractivity contribution >= 4 is 40.3 Å². The lowest BCUT2D eigenvalue weighted by atomic mass is 9.99. The molecule has 2 aromatic carbocycles. The van der Waals surface area contributed by atoms with Gasteiger partial charge in [-0.05, 0) is 47.5 Å². The molecule has 4 aromatic rings. The van der Waals surface area contributed by atoms with Gasteiger partial charge in [0.25, 0.3) is 0 Å². The summed E-state index contributed by atoms with van der Waals surface area (Å²) in [6.45, 7) is 3.20. The van der Waals surface area contributed by atoms with Gasteiger partial charge in [0.2, 0.25) is 0 Å². The third-order valence-corrected chi connectivity index (χ3v) is 6.97. The standard InChI is InChI=1S/C26H25ClF4N8O2/c27-19-2-1-15(26(29,30)31)8-21(19)36-25(40)37-22-7-14(11-32)17(10-20(22)28)18-9-16(12-38-3-5-41-6-4-38)39-23(18)24(33)34-13-35-39/h1-2,7-10,13H,3-6,11-12,32H2,(H2,33,34,35)(H2,36,37,40). The fourth-order valence-electron chi connectivity index (χ4n) is 4.65. The predicted octanol–water partition coefficient (Wildman–Crippen LogP) is 4.72. The number of ether oxygens (including phenoxy) is 1. The van der Waals surface area contributed by atoms with E-state index >= 15 is 4.39 Å². The summed E-state index contributed by atoms with van der Waals surface area (Å²) < 4.78 is 61.7. The van der Waals surface area contributed by atoms with Crippen molar-refractivity contribution in [2.45, 2.75) is 19.3 Å². The van der Waals surface area contributed by atoms with Crippen LogP contribution in [0.15, 0.2) is 42.7 Å². The molecule has 15 heteroatoms. The van der Waals surface area contributed by atoms with Crippen LogP contribution in [0.25, 0.3) is 16.6 Å². The Morgan fingerprint density at radius 2 is 1.80 bits per heavy atom. The van der Waals surface area contributed by atoms with Crippen LogP contribution in [0.1, 0.15) is 16.8 Å². The quantitative estimate of drug-likeness (QED) is 0.238. The molecule has 1 saturated heterocycles. The molecule has 0 saturated carbocycles. The third-order valence-electron chi connectivity index (χ3n) is 6.64. The summed E-state index contributed by atoms with van der Waals surface area (Å²) in [6.07, 6.45) is -3.31. The van der Waals surface area contributed by atoms with Gasteiger partial charge in [0.1, 0.15) is 17.7 Å². The van der Waals surface area contributed by atoms with E-state index < -0.39 is 23.6 Å². The Balaban J connectivity index is 1.46. The zero-order valence-electron chi connectivity index (χ0n) is 21.4. The average molecular weight is 593 g/mol. The van der Waals surface area contributed by atoms with E-state index in [0.29, 0.717) is 48.0 Å². The number of aromatic nitrogens is 3. The van der Waals surface area contributed by atoms with Gasteiger partial charge in [-0.2, -0.15) is 18.3 Å². The van der Waals surface area contributed by atoms with Crippen molar-refractivity contribution in [2.75, 3.05) is 42.7 Å². The maximum Gasteiger partial charge on any atom is 0.416 e. The number of alkyl halides is 3. The Kier molecular flexibility index (Phi) is 8.00. The molecule has 2 aromatic heterocycles. The lowest BCUT2D eigenvalue weighted by Crippen LogP contribution is -2.36. The molecule has 41 heavy (non-hydrogen) atoms. The minimum absolute atomic E-state index is 0.0326. The first-order valence-corrected chi connectivity index (χ1v) is 12.8. The molecule has 0 spiro atoms. The molecular formula is C26H25ClF4N8O2. The van der Waals surface area contributed by atoms with E-state index in [9.17, 15) is 18.0 Å². The van der Waals surface area contributed by atoms with Crippen LogP contribution >= 0.6 is 11.6 Å². The number of amides is 2. The zero-order valence-corrected chi connectivity index (χ0v) is 22.2. The van der Waals surface area contributed by atoms with Crippen molar-refractivity contribution in [1.82, 2.24) is 19.5 Å². The predicted molar refractivity (Wildman–Crippen MR) is 146 cm³/mol. The van der Waals surface area contributed by atoms with E-state index in [1.807, 2.05) is 6.07 Å². The summed E-state index contributed by atoms with van der Waals surface area (Å²) in [5.41, 5.74) is 13.4. The minimum Gasteiger partial charge on any atom is -0.382 e. The van der Waals surface area contributed by atoms with E-state index in [2.05, 4.69) is 25.6 Å². The number of anilines is 3. The second-order valence-corrected chi connectivity index (χ2v) is 9.72. The summed E-state index contributed by atoms with van der Waals surface area (Å²) in [4.78, 5) is 18.9. The molecule has 5 rings (SSSR count). The molecule has 0 atom stereocenters. The Bertz CT molecular complexity index is 1600. The van der Waals surface area contributed by atoms with E-state index in [0.717, 1.165) is 30.9 Å². The fraction of sp³-hybridized carbons (Fsp3) is 0.269. The van der Waals surface area contributed by atoms with Crippen molar-refractivity contribution < 1.29 is 27.1 Å². The molecule has 3 heterocycles. The summed E-state index contributed by atoms with van der Waals surface area (Å²) in [6, 6.07) is 5.88. The van der Waals surface area contributed by atoms with Crippen LogP contribution in [0.2, 0.25) is 5.02 Å². The molecule has 0 aliphatic carbocycles. The van der Waals surface area contributed by atoms with Gasteiger partial charge in [0.15, 0.2) is 5.82 Å². The number of urea groups is 1. The van der Waals surface area contributed by atoms with Gasteiger partial charge in [0.05, 0.1) is 40.9 Å². The maximum absolute atomic E-state index is 15.4. The number of carbonyl (C=O) groups is 1. The van der Waals surface area contributed by atoms with Crippen molar-refractivity contribution in [3.05, 3.63) is 70.4 Å². The number of nitrogens with two attached hydrogens (primary N) is 2. The van der Waals surface area contributed by atoms with Crippen LogP contribution in [-0.4, -0.2) is 51.8 Å².